The summed E-state index contributed by atoms with van der Waals surface area (Å²) in [4.78, 5) is 43.0. The van der Waals surface area contributed by atoms with E-state index in [1.165, 1.54) is 0 Å². The van der Waals surface area contributed by atoms with Crippen LogP contribution < -0.4 is 15.8 Å². The fourth-order valence-corrected chi connectivity index (χ4v) is 5.90. The standard InChI is InChI=1S/C30H39N7O4/c1-35-26-11-7-21(16-25(26)33-34-35)18-32-29(39)27-17-22(15-20-5-8-23(41-2)9-6-20)19-37(27)30(40)24(31)10-12-28(38)36-13-3-4-14-36/h5-9,11,16,22,24,27H,3-4,10,12-15,17-19,31H2,1-2H3,(H,32,39)/t22-,24-,27+/m1/s1. The molecule has 5 rings (SSSR count). The minimum absolute atomic E-state index is 0.0407. The maximum atomic E-state index is 13.6. The highest BCUT2D eigenvalue weighted by Gasteiger charge is 2.41. The highest BCUT2D eigenvalue weighted by atomic mass is 16.5. The Balaban J connectivity index is 1.25. The largest absolute Gasteiger partial charge is 0.497 e. The van der Waals surface area contributed by atoms with Crippen molar-refractivity contribution in [1.82, 2.24) is 30.1 Å². The lowest BCUT2D eigenvalue weighted by Crippen LogP contribution is -2.51. The van der Waals surface area contributed by atoms with Gasteiger partial charge in [0.15, 0.2) is 0 Å². The number of benzene rings is 2. The molecule has 0 radical (unpaired) electrons. The molecule has 0 unspecified atom stereocenters. The summed E-state index contributed by atoms with van der Waals surface area (Å²) in [5.41, 5.74) is 10.0. The molecule has 0 aliphatic carbocycles. The highest BCUT2D eigenvalue weighted by Crippen LogP contribution is 2.28. The Morgan fingerprint density at radius 1 is 1.10 bits per heavy atom. The maximum Gasteiger partial charge on any atom is 0.243 e. The van der Waals surface area contributed by atoms with Crippen molar-refractivity contribution in [2.24, 2.45) is 18.7 Å². The van der Waals surface area contributed by atoms with Crippen molar-refractivity contribution in [3.63, 3.8) is 0 Å². The predicted molar refractivity (Wildman–Crippen MR) is 154 cm³/mol. The monoisotopic (exact) mass is 561 g/mol. The first-order valence-electron chi connectivity index (χ1n) is 14.3. The minimum atomic E-state index is -0.837. The number of carbonyl (C=O) groups is 3. The Bertz CT molecular complexity index is 1380. The third-order valence-corrected chi connectivity index (χ3v) is 8.24. The number of ether oxygens (including phenoxy) is 1. The Hall–Kier alpha value is -3.99. The van der Waals surface area contributed by atoms with Gasteiger partial charge in [0.2, 0.25) is 17.7 Å². The molecular formula is C30H39N7O4. The molecule has 3 amide bonds. The lowest BCUT2D eigenvalue weighted by molar-refractivity contribution is -0.140. The zero-order chi connectivity index (χ0) is 28.9. The van der Waals surface area contributed by atoms with E-state index in [1.54, 1.807) is 16.7 Å². The van der Waals surface area contributed by atoms with E-state index >= 15 is 0 Å². The molecule has 3 aromatic rings. The molecule has 1 aromatic heterocycles. The number of nitrogens with zero attached hydrogens (tertiary/aromatic N) is 5. The summed E-state index contributed by atoms with van der Waals surface area (Å²) in [5, 5.41) is 11.2. The fraction of sp³-hybridized carbons (Fsp3) is 0.500. The van der Waals surface area contributed by atoms with Crippen molar-refractivity contribution in [2.75, 3.05) is 26.7 Å². The van der Waals surface area contributed by atoms with E-state index in [2.05, 4.69) is 15.6 Å². The summed E-state index contributed by atoms with van der Waals surface area (Å²) < 4.78 is 6.97. The predicted octanol–water partition coefficient (Wildman–Crippen LogP) is 1.78. The Morgan fingerprint density at radius 2 is 1.83 bits per heavy atom. The molecule has 11 heteroatoms. The fourth-order valence-electron chi connectivity index (χ4n) is 5.90. The first-order valence-corrected chi connectivity index (χ1v) is 14.3. The van der Waals surface area contributed by atoms with Crippen molar-refractivity contribution >= 4 is 28.8 Å². The molecule has 0 spiro atoms. The molecule has 3 heterocycles. The van der Waals surface area contributed by atoms with Gasteiger partial charge in [-0.1, -0.05) is 23.4 Å². The van der Waals surface area contributed by atoms with Gasteiger partial charge in [0.25, 0.3) is 0 Å². The number of hydrogen-bond donors (Lipinski definition) is 2. The topological polar surface area (TPSA) is 136 Å². The van der Waals surface area contributed by atoms with Gasteiger partial charge in [-0.05, 0) is 73.4 Å². The number of aromatic nitrogens is 3. The highest BCUT2D eigenvalue weighted by molar-refractivity contribution is 5.91. The SMILES string of the molecule is COc1ccc(C[C@@H]2C[C@@H](C(=O)NCc3ccc4c(c3)nnn4C)N(C(=O)[C@H](N)CCC(=O)N3CCCC3)C2)cc1. The number of carbonyl (C=O) groups excluding carboxylic acids is 3. The Morgan fingerprint density at radius 3 is 2.56 bits per heavy atom. The summed E-state index contributed by atoms with van der Waals surface area (Å²) in [6.07, 6.45) is 3.79. The van der Waals surface area contributed by atoms with Gasteiger partial charge in [-0.2, -0.15) is 0 Å². The molecule has 0 bridgehead atoms. The van der Waals surface area contributed by atoms with E-state index in [-0.39, 0.29) is 36.5 Å². The number of rotatable bonds is 10. The molecule has 2 saturated heterocycles. The van der Waals surface area contributed by atoms with Gasteiger partial charge in [0.05, 0.1) is 18.7 Å². The molecule has 2 aliphatic rings. The van der Waals surface area contributed by atoms with Crippen LogP contribution in [0, 0.1) is 5.92 Å². The quantitative estimate of drug-likeness (QED) is 0.385. The zero-order valence-electron chi connectivity index (χ0n) is 23.8. The summed E-state index contributed by atoms with van der Waals surface area (Å²) in [5.74, 6) is 0.424. The second-order valence-electron chi connectivity index (χ2n) is 11.1. The molecular weight excluding hydrogens is 522 g/mol. The van der Waals surface area contributed by atoms with Crippen LogP contribution in [0.5, 0.6) is 5.75 Å². The van der Waals surface area contributed by atoms with Gasteiger partial charge >= 0.3 is 0 Å². The van der Waals surface area contributed by atoms with Gasteiger partial charge < -0.3 is 25.6 Å². The van der Waals surface area contributed by atoms with Crippen molar-refractivity contribution in [1.29, 1.82) is 0 Å². The third kappa shape index (κ3) is 6.67. The normalized spacial score (nSPS) is 19.5. The molecule has 2 aromatic carbocycles. The number of hydrogen-bond acceptors (Lipinski definition) is 7. The second kappa shape index (κ2) is 12.7. The molecule has 41 heavy (non-hydrogen) atoms. The molecule has 11 nitrogen and oxygen atoms in total. The summed E-state index contributed by atoms with van der Waals surface area (Å²) in [7, 11) is 3.46. The van der Waals surface area contributed by atoms with Gasteiger partial charge in [0, 0.05) is 39.6 Å². The second-order valence-corrected chi connectivity index (χ2v) is 11.1. The van der Waals surface area contributed by atoms with Crippen molar-refractivity contribution in [2.45, 2.75) is 57.2 Å². The average molecular weight is 562 g/mol. The van der Waals surface area contributed by atoms with Crippen LogP contribution in [0.2, 0.25) is 0 Å². The Labute approximate surface area is 240 Å². The van der Waals surface area contributed by atoms with Crippen molar-refractivity contribution in [3.05, 3.63) is 53.6 Å². The molecule has 0 saturated carbocycles. The maximum absolute atomic E-state index is 13.6. The first-order chi connectivity index (χ1) is 19.8. The molecule has 3 N–H and O–H groups in total. The molecule has 2 aliphatic heterocycles. The zero-order valence-corrected chi connectivity index (χ0v) is 23.8. The van der Waals surface area contributed by atoms with Gasteiger partial charge in [-0.3, -0.25) is 14.4 Å². The first kappa shape index (κ1) is 28.5. The van der Waals surface area contributed by atoms with E-state index in [0.29, 0.717) is 19.5 Å². The van der Waals surface area contributed by atoms with E-state index in [9.17, 15) is 14.4 Å². The number of fused-ring (bicyclic) bond motifs is 1. The minimum Gasteiger partial charge on any atom is -0.497 e. The summed E-state index contributed by atoms with van der Waals surface area (Å²) >= 11 is 0. The molecule has 2 fully saturated rings. The lowest BCUT2D eigenvalue weighted by Gasteiger charge is -2.27. The Kier molecular flexibility index (Phi) is 8.82. The number of aryl methyl sites for hydroxylation is 1. The van der Waals surface area contributed by atoms with Gasteiger partial charge in [-0.15, -0.1) is 5.10 Å². The van der Waals surface area contributed by atoms with Crippen LogP contribution in [0.25, 0.3) is 11.0 Å². The number of nitrogens with two attached hydrogens (primary N) is 1. The van der Waals surface area contributed by atoms with Gasteiger partial charge in [-0.25, -0.2) is 4.68 Å². The number of likely N-dealkylation sites (tertiary alicyclic amines) is 2. The molecule has 218 valence electrons. The van der Waals surface area contributed by atoms with Crippen molar-refractivity contribution in [3.8, 4) is 5.75 Å². The number of nitrogens with one attached hydrogen (secondary N) is 1. The third-order valence-electron chi connectivity index (χ3n) is 8.24. The van der Waals surface area contributed by atoms with Gasteiger partial charge in [0.1, 0.15) is 17.3 Å². The van der Waals surface area contributed by atoms with E-state index in [4.69, 9.17) is 10.5 Å². The van der Waals surface area contributed by atoms with Crippen LogP contribution >= 0.6 is 0 Å². The molecule has 3 atom stereocenters. The van der Waals surface area contributed by atoms with E-state index < -0.39 is 12.1 Å². The van der Waals surface area contributed by atoms with E-state index in [0.717, 1.165) is 60.3 Å². The lowest BCUT2D eigenvalue weighted by atomic mass is 9.96. The van der Waals surface area contributed by atoms with E-state index in [1.807, 2.05) is 54.4 Å². The van der Waals surface area contributed by atoms with Crippen LogP contribution in [0.3, 0.4) is 0 Å². The number of methoxy groups -OCH3 is 1. The van der Waals surface area contributed by atoms with Crippen molar-refractivity contribution < 1.29 is 19.1 Å². The van der Waals surface area contributed by atoms with Crippen LogP contribution in [0.4, 0.5) is 0 Å². The number of amides is 3. The summed E-state index contributed by atoms with van der Waals surface area (Å²) in [6.45, 7) is 2.28. The van der Waals surface area contributed by atoms with Crippen LogP contribution in [0.15, 0.2) is 42.5 Å². The smallest absolute Gasteiger partial charge is 0.243 e. The average Bonchev–Trinajstić information content (AvgIpc) is 3.75. The van der Waals surface area contributed by atoms with Crippen LogP contribution in [0.1, 0.15) is 43.2 Å². The van der Waals surface area contributed by atoms with Crippen LogP contribution in [-0.2, 0) is 34.4 Å². The summed E-state index contributed by atoms with van der Waals surface area (Å²) in [6, 6.07) is 12.1. The van der Waals surface area contributed by atoms with Crippen LogP contribution in [-0.4, -0.2) is 81.3 Å².